The van der Waals surface area contributed by atoms with Gasteiger partial charge < -0.3 is 5.32 Å². The van der Waals surface area contributed by atoms with Crippen LogP contribution in [0.3, 0.4) is 0 Å². The van der Waals surface area contributed by atoms with E-state index in [1.165, 1.54) is 25.5 Å². The number of hydrogen-bond acceptors (Lipinski definition) is 3. The molecule has 0 aromatic carbocycles. The number of halogens is 1. The van der Waals surface area contributed by atoms with Gasteiger partial charge in [0.05, 0.1) is 12.4 Å². The molecule has 2 amide bonds. The van der Waals surface area contributed by atoms with Crippen LogP contribution in [0.15, 0.2) is 17.0 Å². The van der Waals surface area contributed by atoms with Gasteiger partial charge in [-0.05, 0) is 28.8 Å². The summed E-state index contributed by atoms with van der Waals surface area (Å²) in [4.78, 5) is 19.7. The third kappa shape index (κ3) is 3.96. The second kappa shape index (κ2) is 5.95. The summed E-state index contributed by atoms with van der Waals surface area (Å²) in [5, 5.41) is 5.62. The first-order chi connectivity index (χ1) is 8.24. The zero-order valence-electron chi connectivity index (χ0n) is 9.45. The van der Waals surface area contributed by atoms with Crippen LogP contribution in [-0.4, -0.2) is 22.0 Å². The molecule has 0 radical (unpaired) electrons. The molecule has 2 rings (SSSR count). The van der Waals surface area contributed by atoms with Gasteiger partial charge in [-0.2, -0.15) is 0 Å². The number of nitrogens with one attached hydrogen (secondary N) is 2. The Labute approximate surface area is 109 Å². The summed E-state index contributed by atoms with van der Waals surface area (Å²) in [6.07, 6.45) is 8.88. The van der Waals surface area contributed by atoms with Crippen molar-refractivity contribution in [2.45, 2.75) is 38.1 Å². The Balaban J connectivity index is 1.82. The first-order valence-electron chi connectivity index (χ1n) is 5.79. The molecule has 1 aliphatic rings. The van der Waals surface area contributed by atoms with Crippen molar-refractivity contribution in [3.05, 3.63) is 17.0 Å². The number of aromatic nitrogens is 2. The molecule has 0 saturated heterocycles. The van der Waals surface area contributed by atoms with Gasteiger partial charge in [-0.15, -0.1) is 0 Å². The SMILES string of the molecule is O=C(Nc1cnc(Br)cn1)NC1CCCCC1. The van der Waals surface area contributed by atoms with Crippen LogP contribution in [0.1, 0.15) is 32.1 Å². The Morgan fingerprint density at radius 3 is 2.65 bits per heavy atom. The highest BCUT2D eigenvalue weighted by atomic mass is 79.9. The van der Waals surface area contributed by atoms with Gasteiger partial charge in [0, 0.05) is 6.04 Å². The lowest BCUT2D eigenvalue weighted by atomic mass is 9.96. The zero-order valence-corrected chi connectivity index (χ0v) is 11.0. The van der Waals surface area contributed by atoms with Gasteiger partial charge in [0.25, 0.3) is 0 Å². The summed E-state index contributed by atoms with van der Waals surface area (Å²) >= 11 is 3.19. The smallest absolute Gasteiger partial charge is 0.320 e. The van der Waals surface area contributed by atoms with Crippen molar-refractivity contribution in [1.82, 2.24) is 15.3 Å². The van der Waals surface area contributed by atoms with Crippen LogP contribution in [0.2, 0.25) is 0 Å². The summed E-state index contributed by atoms with van der Waals surface area (Å²) in [5.74, 6) is 0.460. The van der Waals surface area contributed by atoms with Crippen molar-refractivity contribution in [2.75, 3.05) is 5.32 Å². The molecule has 1 aromatic heterocycles. The zero-order chi connectivity index (χ0) is 12.1. The van der Waals surface area contributed by atoms with Crippen molar-refractivity contribution in [2.24, 2.45) is 0 Å². The molecule has 0 unspecified atom stereocenters. The van der Waals surface area contributed by atoms with E-state index in [1.807, 2.05) is 0 Å². The minimum Gasteiger partial charge on any atom is -0.335 e. The van der Waals surface area contributed by atoms with Crippen LogP contribution in [0, 0.1) is 0 Å². The molecule has 17 heavy (non-hydrogen) atoms. The highest BCUT2D eigenvalue weighted by Crippen LogP contribution is 2.17. The molecule has 0 bridgehead atoms. The lowest BCUT2D eigenvalue weighted by Crippen LogP contribution is -2.39. The second-order valence-electron chi connectivity index (χ2n) is 4.16. The summed E-state index contributed by atoms with van der Waals surface area (Å²) in [6, 6.07) is 0.0979. The van der Waals surface area contributed by atoms with Crippen LogP contribution in [-0.2, 0) is 0 Å². The van der Waals surface area contributed by atoms with Gasteiger partial charge in [-0.25, -0.2) is 14.8 Å². The van der Waals surface area contributed by atoms with Crippen LogP contribution in [0.5, 0.6) is 0 Å². The molecule has 92 valence electrons. The summed E-state index contributed by atoms with van der Waals surface area (Å²) in [6.45, 7) is 0. The highest BCUT2D eigenvalue weighted by molar-refractivity contribution is 9.10. The van der Waals surface area contributed by atoms with Gasteiger partial charge in [0.1, 0.15) is 4.60 Å². The molecule has 5 nitrogen and oxygen atoms in total. The fourth-order valence-corrected chi connectivity index (χ4v) is 2.17. The molecule has 0 spiro atoms. The average molecular weight is 299 g/mol. The van der Waals surface area contributed by atoms with E-state index in [9.17, 15) is 4.79 Å². The first-order valence-corrected chi connectivity index (χ1v) is 6.58. The molecule has 1 fully saturated rings. The first kappa shape index (κ1) is 12.3. The Morgan fingerprint density at radius 2 is 2.00 bits per heavy atom. The number of anilines is 1. The van der Waals surface area contributed by atoms with E-state index in [-0.39, 0.29) is 6.03 Å². The van der Waals surface area contributed by atoms with Crippen molar-refractivity contribution >= 4 is 27.8 Å². The minimum atomic E-state index is -0.200. The number of carbonyl (C=O) groups is 1. The lowest BCUT2D eigenvalue weighted by molar-refractivity contribution is 0.244. The number of amides is 2. The maximum absolute atomic E-state index is 11.7. The Kier molecular flexibility index (Phi) is 4.30. The van der Waals surface area contributed by atoms with Gasteiger partial charge in [-0.3, -0.25) is 5.32 Å². The molecule has 1 aromatic rings. The quantitative estimate of drug-likeness (QED) is 0.882. The van der Waals surface area contributed by atoms with E-state index in [0.29, 0.717) is 16.5 Å². The molecule has 1 aliphatic carbocycles. The van der Waals surface area contributed by atoms with Gasteiger partial charge >= 0.3 is 6.03 Å². The number of carbonyl (C=O) groups excluding carboxylic acids is 1. The van der Waals surface area contributed by atoms with Gasteiger partial charge in [0.15, 0.2) is 5.82 Å². The van der Waals surface area contributed by atoms with Gasteiger partial charge in [-0.1, -0.05) is 19.3 Å². The largest absolute Gasteiger partial charge is 0.335 e. The number of nitrogens with zero attached hydrogens (tertiary/aromatic N) is 2. The van der Waals surface area contributed by atoms with Crippen LogP contribution in [0.25, 0.3) is 0 Å². The van der Waals surface area contributed by atoms with Crippen molar-refractivity contribution in [3.8, 4) is 0 Å². The van der Waals surface area contributed by atoms with E-state index in [2.05, 4.69) is 36.5 Å². The van der Waals surface area contributed by atoms with E-state index >= 15 is 0 Å². The molecule has 6 heteroatoms. The number of hydrogen-bond donors (Lipinski definition) is 2. The van der Waals surface area contributed by atoms with E-state index < -0.39 is 0 Å². The normalized spacial score (nSPS) is 16.5. The maximum atomic E-state index is 11.7. The summed E-state index contributed by atoms with van der Waals surface area (Å²) in [5.41, 5.74) is 0. The number of urea groups is 1. The second-order valence-corrected chi connectivity index (χ2v) is 4.97. The fourth-order valence-electron chi connectivity index (χ4n) is 1.96. The van der Waals surface area contributed by atoms with Crippen LogP contribution < -0.4 is 10.6 Å². The molecule has 1 heterocycles. The molecular weight excluding hydrogens is 284 g/mol. The molecule has 0 atom stereocenters. The predicted octanol–water partition coefficient (Wildman–Crippen LogP) is 2.69. The number of rotatable bonds is 2. The Morgan fingerprint density at radius 1 is 1.24 bits per heavy atom. The molecule has 0 aliphatic heterocycles. The molecular formula is C11H15BrN4O. The fraction of sp³-hybridized carbons (Fsp3) is 0.545. The summed E-state index contributed by atoms with van der Waals surface area (Å²) < 4.78 is 0.649. The van der Waals surface area contributed by atoms with Gasteiger partial charge in [0.2, 0.25) is 0 Å². The van der Waals surface area contributed by atoms with Crippen molar-refractivity contribution in [3.63, 3.8) is 0 Å². The van der Waals surface area contributed by atoms with E-state index in [1.54, 1.807) is 6.20 Å². The summed E-state index contributed by atoms with van der Waals surface area (Å²) in [7, 11) is 0. The van der Waals surface area contributed by atoms with E-state index in [4.69, 9.17) is 0 Å². The van der Waals surface area contributed by atoms with E-state index in [0.717, 1.165) is 12.8 Å². The maximum Gasteiger partial charge on any atom is 0.320 e. The molecule has 1 saturated carbocycles. The average Bonchev–Trinajstić information content (AvgIpc) is 2.33. The third-order valence-corrected chi connectivity index (χ3v) is 3.21. The molecule has 2 N–H and O–H groups in total. The lowest BCUT2D eigenvalue weighted by Gasteiger charge is -2.22. The van der Waals surface area contributed by atoms with Crippen molar-refractivity contribution in [1.29, 1.82) is 0 Å². The van der Waals surface area contributed by atoms with Crippen LogP contribution >= 0.6 is 15.9 Å². The third-order valence-electron chi connectivity index (χ3n) is 2.80. The standard InChI is InChI=1S/C11H15BrN4O/c12-9-6-14-10(7-13-9)16-11(17)15-8-4-2-1-3-5-8/h6-8H,1-5H2,(H2,14,15,16,17). The minimum absolute atomic E-state index is 0.200. The predicted molar refractivity (Wildman–Crippen MR) is 68.8 cm³/mol. The van der Waals surface area contributed by atoms with Crippen molar-refractivity contribution < 1.29 is 4.79 Å². The highest BCUT2D eigenvalue weighted by Gasteiger charge is 2.15. The monoisotopic (exact) mass is 298 g/mol. The topological polar surface area (TPSA) is 66.9 Å². The Hall–Kier alpha value is -1.17. The Bertz CT molecular complexity index is 376. The van der Waals surface area contributed by atoms with Crippen LogP contribution in [0.4, 0.5) is 10.6 Å².